The zero-order chi connectivity index (χ0) is 18.0. The fourth-order valence-corrected chi connectivity index (χ4v) is 4.28. The summed E-state index contributed by atoms with van der Waals surface area (Å²) < 4.78 is 38.6. The number of anilines is 2. The van der Waals surface area contributed by atoms with Crippen molar-refractivity contribution >= 4 is 23.0 Å². The van der Waals surface area contributed by atoms with E-state index >= 15 is 0 Å². The summed E-state index contributed by atoms with van der Waals surface area (Å²) in [6.07, 6.45) is 4.02. The van der Waals surface area contributed by atoms with Crippen LogP contribution in [-0.2, 0) is 6.18 Å². The maximum atomic E-state index is 12.9. The molecule has 7 heteroatoms. The Labute approximate surface area is 151 Å². The molecule has 1 aromatic rings. The Morgan fingerprint density at radius 3 is 2.28 bits per heavy atom. The van der Waals surface area contributed by atoms with Crippen molar-refractivity contribution < 1.29 is 13.2 Å². The zero-order valence-electron chi connectivity index (χ0n) is 14.2. The van der Waals surface area contributed by atoms with E-state index < -0.39 is 11.7 Å². The number of nitrogens with two attached hydrogens (primary N) is 1. The minimum absolute atomic E-state index is 0.0893. The third kappa shape index (κ3) is 4.53. The van der Waals surface area contributed by atoms with Crippen LogP contribution in [0.15, 0.2) is 12.1 Å². The molecule has 0 amide bonds. The molecular formula is C18H25ClF3N3. The number of likely N-dealkylation sites (tertiary alicyclic amines) is 1. The fourth-order valence-electron chi connectivity index (χ4n) is 4.01. The highest BCUT2D eigenvalue weighted by atomic mass is 35.5. The van der Waals surface area contributed by atoms with Gasteiger partial charge in [-0.05, 0) is 37.8 Å². The number of rotatable bonds is 3. The number of hydrogen-bond acceptors (Lipinski definition) is 3. The summed E-state index contributed by atoms with van der Waals surface area (Å²) in [5.41, 5.74) is 5.52. The third-order valence-corrected chi connectivity index (χ3v) is 5.74. The highest BCUT2D eigenvalue weighted by Gasteiger charge is 2.34. The quantitative estimate of drug-likeness (QED) is 0.718. The lowest BCUT2D eigenvalue weighted by Gasteiger charge is -2.39. The van der Waals surface area contributed by atoms with Gasteiger partial charge in [0.2, 0.25) is 0 Å². The van der Waals surface area contributed by atoms with E-state index in [1.165, 1.54) is 38.2 Å². The Morgan fingerprint density at radius 2 is 1.68 bits per heavy atom. The van der Waals surface area contributed by atoms with Gasteiger partial charge in [0.25, 0.3) is 0 Å². The Morgan fingerprint density at radius 1 is 1.04 bits per heavy atom. The molecule has 0 bridgehead atoms. The zero-order valence-corrected chi connectivity index (χ0v) is 15.0. The average Bonchev–Trinajstić information content (AvgIpc) is 2.58. The van der Waals surface area contributed by atoms with Crippen LogP contribution < -0.4 is 11.1 Å². The lowest BCUT2D eigenvalue weighted by molar-refractivity contribution is -0.137. The van der Waals surface area contributed by atoms with Gasteiger partial charge in [-0.2, -0.15) is 13.2 Å². The number of halogens is 4. The van der Waals surface area contributed by atoms with E-state index in [1.807, 2.05) is 0 Å². The molecule has 1 aliphatic heterocycles. The second-order valence-corrected chi connectivity index (χ2v) is 7.57. The highest BCUT2D eigenvalue weighted by Crippen LogP contribution is 2.39. The predicted octanol–water partition coefficient (Wildman–Crippen LogP) is 5.15. The first kappa shape index (κ1) is 18.6. The molecule has 1 saturated heterocycles. The lowest BCUT2D eigenvalue weighted by atomic mass is 9.92. The number of nitrogens with one attached hydrogen (secondary N) is 1. The molecule has 0 aromatic heterocycles. The number of piperidine rings is 1. The van der Waals surface area contributed by atoms with Gasteiger partial charge in [0.15, 0.2) is 0 Å². The van der Waals surface area contributed by atoms with Gasteiger partial charge >= 0.3 is 6.18 Å². The van der Waals surface area contributed by atoms with Gasteiger partial charge in [-0.3, -0.25) is 0 Å². The lowest BCUT2D eigenvalue weighted by Crippen LogP contribution is -2.45. The van der Waals surface area contributed by atoms with Gasteiger partial charge in [0, 0.05) is 25.2 Å². The maximum Gasteiger partial charge on any atom is 0.417 e. The van der Waals surface area contributed by atoms with Crippen LogP contribution >= 0.6 is 11.6 Å². The smallest absolute Gasteiger partial charge is 0.397 e. The molecule has 1 saturated carbocycles. The van der Waals surface area contributed by atoms with Crippen molar-refractivity contribution in [2.45, 2.75) is 63.2 Å². The van der Waals surface area contributed by atoms with Crippen molar-refractivity contribution in [3.63, 3.8) is 0 Å². The van der Waals surface area contributed by atoms with Crippen LogP contribution in [0.2, 0.25) is 5.02 Å². The first-order valence-corrected chi connectivity index (χ1v) is 9.39. The summed E-state index contributed by atoms with van der Waals surface area (Å²) in [6, 6.07) is 3.14. The summed E-state index contributed by atoms with van der Waals surface area (Å²) in [5.74, 6) is 0. The second kappa shape index (κ2) is 7.62. The summed E-state index contributed by atoms with van der Waals surface area (Å²) in [7, 11) is 0. The van der Waals surface area contributed by atoms with E-state index in [0.29, 0.717) is 11.7 Å². The molecule has 0 unspecified atom stereocenters. The summed E-state index contributed by atoms with van der Waals surface area (Å²) in [6.45, 7) is 2.05. The van der Waals surface area contributed by atoms with Gasteiger partial charge < -0.3 is 16.0 Å². The molecule has 3 rings (SSSR count). The minimum Gasteiger partial charge on any atom is -0.397 e. The molecule has 0 atom stereocenters. The normalized spacial score (nSPS) is 21.4. The summed E-state index contributed by atoms with van der Waals surface area (Å²) in [4.78, 5) is 2.57. The Kier molecular flexibility index (Phi) is 5.68. The molecule has 1 aliphatic carbocycles. The van der Waals surface area contributed by atoms with E-state index in [-0.39, 0.29) is 16.8 Å². The summed E-state index contributed by atoms with van der Waals surface area (Å²) >= 11 is 5.80. The molecule has 2 aliphatic rings. The number of alkyl halides is 3. The molecule has 0 radical (unpaired) electrons. The van der Waals surface area contributed by atoms with Crippen LogP contribution in [0.4, 0.5) is 24.5 Å². The number of hydrogen-bond donors (Lipinski definition) is 2. The first-order valence-electron chi connectivity index (χ1n) is 9.01. The Hall–Kier alpha value is -1.14. The molecule has 1 aromatic carbocycles. The SMILES string of the molecule is Nc1cc(C(F)(F)F)c(Cl)cc1NC1CCN(C2CCCCC2)CC1. The van der Waals surface area contributed by atoms with Gasteiger partial charge in [-0.1, -0.05) is 30.9 Å². The number of nitrogens with zero attached hydrogens (tertiary/aromatic N) is 1. The third-order valence-electron chi connectivity index (χ3n) is 5.42. The van der Waals surface area contributed by atoms with Crippen LogP contribution in [0.3, 0.4) is 0 Å². The monoisotopic (exact) mass is 375 g/mol. The molecule has 3 N–H and O–H groups in total. The molecule has 2 fully saturated rings. The number of benzene rings is 1. The topological polar surface area (TPSA) is 41.3 Å². The second-order valence-electron chi connectivity index (χ2n) is 7.16. The van der Waals surface area contributed by atoms with Crippen molar-refractivity contribution in [2.24, 2.45) is 0 Å². The van der Waals surface area contributed by atoms with E-state index in [4.69, 9.17) is 17.3 Å². The minimum atomic E-state index is -4.49. The largest absolute Gasteiger partial charge is 0.417 e. The average molecular weight is 376 g/mol. The van der Waals surface area contributed by atoms with Gasteiger partial charge in [0.05, 0.1) is 22.0 Å². The van der Waals surface area contributed by atoms with Crippen LogP contribution in [-0.4, -0.2) is 30.1 Å². The van der Waals surface area contributed by atoms with Crippen LogP contribution in [0, 0.1) is 0 Å². The summed E-state index contributed by atoms with van der Waals surface area (Å²) in [5, 5.41) is 2.97. The van der Waals surface area contributed by atoms with Crippen LogP contribution in [0.1, 0.15) is 50.5 Å². The fraction of sp³-hybridized carbons (Fsp3) is 0.667. The Bertz CT molecular complexity index is 592. The first-order chi connectivity index (χ1) is 11.8. The van der Waals surface area contributed by atoms with E-state index in [1.54, 1.807) is 0 Å². The highest BCUT2D eigenvalue weighted by molar-refractivity contribution is 6.32. The van der Waals surface area contributed by atoms with Crippen molar-refractivity contribution in [1.29, 1.82) is 0 Å². The predicted molar refractivity (Wildman–Crippen MR) is 96.0 cm³/mol. The molecule has 3 nitrogen and oxygen atoms in total. The van der Waals surface area contributed by atoms with Crippen molar-refractivity contribution in [2.75, 3.05) is 24.1 Å². The van der Waals surface area contributed by atoms with Gasteiger partial charge in [-0.25, -0.2) is 0 Å². The molecule has 0 spiro atoms. The van der Waals surface area contributed by atoms with Crippen molar-refractivity contribution in [3.8, 4) is 0 Å². The molecular weight excluding hydrogens is 351 g/mol. The van der Waals surface area contributed by atoms with Gasteiger partial charge in [-0.15, -0.1) is 0 Å². The molecule has 25 heavy (non-hydrogen) atoms. The van der Waals surface area contributed by atoms with E-state index in [9.17, 15) is 13.2 Å². The van der Waals surface area contributed by atoms with Crippen molar-refractivity contribution in [1.82, 2.24) is 4.90 Å². The maximum absolute atomic E-state index is 12.9. The van der Waals surface area contributed by atoms with Gasteiger partial charge in [0.1, 0.15) is 0 Å². The molecule has 1 heterocycles. The Balaban J connectivity index is 1.59. The standard InChI is InChI=1S/C18H25ClF3N3/c19-15-11-17(16(23)10-14(15)18(20,21)22)24-12-6-8-25(9-7-12)13-4-2-1-3-5-13/h10-13,24H,1-9,23H2. The molecule has 140 valence electrons. The number of nitrogen functional groups attached to an aromatic ring is 1. The van der Waals surface area contributed by atoms with E-state index in [0.717, 1.165) is 32.0 Å². The van der Waals surface area contributed by atoms with Crippen LogP contribution in [0.5, 0.6) is 0 Å². The van der Waals surface area contributed by atoms with E-state index in [2.05, 4.69) is 10.2 Å². The van der Waals surface area contributed by atoms with Crippen LogP contribution in [0.25, 0.3) is 0 Å². The van der Waals surface area contributed by atoms with Crippen molar-refractivity contribution in [3.05, 3.63) is 22.7 Å².